The Morgan fingerprint density at radius 1 is 1.00 bits per heavy atom. The van der Waals surface area contributed by atoms with E-state index in [4.69, 9.17) is 14.1 Å². The number of rotatable bonds is 15. The Kier molecular flexibility index (Phi) is 13.6. The van der Waals surface area contributed by atoms with Gasteiger partial charge in [-0.15, -0.1) is 4.31 Å². The van der Waals surface area contributed by atoms with Gasteiger partial charge >= 0.3 is 0 Å². The number of ether oxygens (including phenoxy) is 1. The van der Waals surface area contributed by atoms with Crippen molar-refractivity contribution in [2.45, 2.75) is 71.5 Å². The molecule has 52 heavy (non-hydrogen) atoms. The molecule has 1 aliphatic rings. The SMILES string of the molecule is C=C(OCC)c1cc2c(c(-c3cccc(C#CCN(C)C)c3)n1)[C@@H](CCO[Si](c1ccccc1)(c1ccccc1)C(C)(C)C)N([S@@+]([O-])CCCC)C2. The fraction of sp³-hybridized carbons (Fsp3) is 0.386. The van der Waals surface area contributed by atoms with Crippen molar-refractivity contribution in [2.75, 3.05) is 39.6 Å². The van der Waals surface area contributed by atoms with Crippen molar-refractivity contribution in [3.8, 4) is 23.1 Å². The number of fused-ring (bicyclic) bond motifs is 1. The third-order valence-corrected chi connectivity index (χ3v) is 16.2. The summed E-state index contributed by atoms with van der Waals surface area (Å²) in [6.07, 6.45) is 2.55. The molecule has 1 aliphatic heterocycles. The lowest BCUT2D eigenvalue weighted by molar-refractivity contribution is 0.241. The average molecular weight is 734 g/mol. The Morgan fingerprint density at radius 2 is 1.67 bits per heavy atom. The Balaban J connectivity index is 1.61. The molecule has 0 spiro atoms. The Hall–Kier alpha value is -3.68. The fourth-order valence-electron chi connectivity index (χ4n) is 7.16. The van der Waals surface area contributed by atoms with Crippen molar-refractivity contribution in [2.24, 2.45) is 0 Å². The molecule has 0 aliphatic carbocycles. The summed E-state index contributed by atoms with van der Waals surface area (Å²) in [5.41, 5.74) is 5.65. The van der Waals surface area contributed by atoms with Gasteiger partial charge in [-0.1, -0.05) is 125 Å². The summed E-state index contributed by atoms with van der Waals surface area (Å²) in [4.78, 5) is 7.30. The van der Waals surface area contributed by atoms with Gasteiger partial charge in [-0.25, -0.2) is 4.98 Å². The van der Waals surface area contributed by atoms with E-state index < -0.39 is 19.7 Å². The molecule has 2 heterocycles. The van der Waals surface area contributed by atoms with Crippen molar-refractivity contribution in [3.05, 3.63) is 120 Å². The van der Waals surface area contributed by atoms with Crippen LogP contribution in [0.5, 0.6) is 0 Å². The molecule has 5 rings (SSSR count). The normalized spacial score (nSPS) is 15.2. The Labute approximate surface area is 316 Å². The summed E-state index contributed by atoms with van der Waals surface area (Å²) in [5.74, 6) is 7.76. The smallest absolute Gasteiger partial charge is 0.261 e. The van der Waals surface area contributed by atoms with Crippen LogP contribution in [0.4, 0.5) is 0 Å². The van der Waals surface area contributed by atoms with Crippen LogP contribution in [0.2, 0.25) is 5.04 Å². The van der Waals surface area contributed by atoms with E-state index in [-0.39, 0.29) is 11.1 Å². The lowest BCUT2D eigenvalue weighted by atomic mass is 9.95. The van der Waals surface area contributed by atoms with E-state index >= 15 is 0 Å². The van der Waals surface area contributed by atoms with E-state index in [1.807, 2.05) is 33.2 Å². The van der Waals surface area contributed by atoms with E-state index in [1.54, 1.807) is 0 Å². The van der Waals surface area contributed by atoms with Crippen LogP contribution in [-0.4, -0.2) is 66.7 Å². The molecular formula is C44H55N3O3SSi. The van der Waals surface area contributed by atoms with Crippen LogP contribution in [0.15, 0.2) is 97.6 Å². The second-order valence-corrected chi connectivity index (χ2v) is 20.5. The molecule has 0 amide bonds. The zero-order valence-corrected chi connectivity index (χ0v) is 33.9. The molecule has 3 aromatic carbocycles. The van der Waals surface area contributed by atoms with Gasteiger partial charge in [-0.2, -0.15) is 0 Å². The molecule has 0 radical (unpaired) electrons. The minimum absolute atomic E-state index is 0.151. The van der Waals surface area contributed by atoms with Crippen LogP contribution >= 0.6 is 0 Å². The first-order chi connectivity index (χ1) is 25.0. The zero-order chi connectivity index (χ0) is 37.3. The van der Waals surface area contributed by atoms with Crippen LogP contribution in [0.1, 0.15) is 82.3 Å². The lowest BCUT2D eigenvalue weighted by Crippen LogP contribution is -2.66. The van der Waals surface area contributed by atoms with Gasteiger partial charge in [-0.05, 0) is 73.0 Å². The highest BCUT2D eigenvalue weighted by Crippen LogP contribution is 2.45. The number of nitrogens with zero attached hydrogens (tertiary/aromatic N) is 3. The summed E-state index contributed by atoms with van der Waals surface area (Å²) in [6.45, 7) is 17.5. The highest BCUT2D eigenvalue weighted by atomic mass is 32.2. The van der Waals surface area contributed by atoms with Gasteiger partial charge < -0.3 is 13.7 Å². The number of hydrogen-bond acceptors (Lipinski definition) is 6. The van der Waals surface area contributed by atoms with Gasteiger partial charge in [0.05, 0.1) is 31.4 Å². The van der Waals surface area contributed by atoms with Crippen molar-refractivity contribution >= 4 is 35.8 Å². The monoisotopic (exact) mass is 733 g/mol. The maximum absolute atomic E-state index is 14.2. The molecule has 0 fully saturated rings. The predicted molar refractivity (Wildman–Crippen MR) is 220 cm³/mol. The minimum atomic E-state index is -2.78. The molecule has 274 valence electrons. The van der Waals surface area contributed by atoms with Crippen molar-refractivity contribution < 1.29 is 13.7 Å². The van der Waals surface area contributed by atoms with E-state index in [0.29, 0.717) is 49.9 Å². The summed E-state index contributed by atoms with van der Waals surface area (Å²) in [6, 6.07) is 31.7. The van der Waals surface area contributed by atoms with Crippen LogP contribution in [0, 0.1) is 11.8 Å². The lowest BCUT2D eigenvalue weighted by Gasteiger charge is -2.43. The van der Waals surface area contributed by atoms with Crippen LogP contribution in [0.3, 0.4) is 0 Å². The molecule has 2 atom stereocenters. The standard InChI is InChI=1S/C44H55N3O3SSi/c1-9-11-30-51(48)47-33-37-32-40(34(3)49-10-2)45-43(36-22-18-20-35(31-36)21-19-28-46(7)8)42(37)41(47)27-29-50-52(44(4,5)6,38-23-14-12-15-24-38)39-25-16-13-17-26-39/h12-18,20,22-26,31-32,41H,3,9-11,27-30,33H2,1-2,4-8H3/t41-,51+/m1/s1. The first kappa shape index (κ1) is 39.5. The van der Waals surface area contributed by atoms with E-state index in [1.165, 1.54) is 10.4 Å². The van der Waals surface area contributed by atoms with Crippen molar-refractivity contribution in [1.29, 1.82) is 0 Å². The first-order valence-electron chi connectivity index (χ1n) is 18.5. The second-order valence-electron chi connectivity index (χ2n) is 14.7. The number of aromatic nitrogens is 1. The highest BCUT2D eigenvalue weighted by Gasteiger charge is 2.50. The molecule has 1 aromatic heterocycles. The van der Waals surface area contributed by atoms with Gasteiger partial charge in [0.15, 0.2) is 0 Å². The van der Waals surface area contributed by atoms with Crippen molar-refractivity contribution in [1.82, 2.24) is 14.2 Å². The quantitative estimate of drug-likeness (QED) is 0.0535. The number of benzene rings is 3. The van der Waals surface area contributed by atoms with Gasteiger partial charge in [0.25, 0.3) is 8.32 Å². The summed E-state index contributed by atoms with van der Waals surface area (Å²) >= 11 is -1.18. The molecule has 8 heteroatoms. The maximum Gasteiger partial charge on any atom is 0.261 e. The molecule has 6 nitrogen and oxygen atoms in total. The van der Waals surface area contributed by atoms with Gasteiger partial charge in [0.1, 0.15) is 17.2 Å². The Bertz CT molecular complexity index is 1810. The van der Waals surface area contributed by atoms with E-state index in [2.05, 4.69) is 134 Å². The topological polar surface area (TPSA) is 60.9 Å². The number of pyridine rings is 1. The van der Waals surface area contributed by atoms with Gasteiger partial charge in [0.2, 0.25) is 0 Å². The summed E-state index contributed by atoms with van der Waals surface area (Å²) in [7, 11) is 1.25. The van der Waals surface area contributed by atoms with Crippen LogP contribution in [-0.2, 0) is 27.1 Å². The molecule has 0 bridgehead atoms. The third-order valence-electron chi connectivity index (χ3n) is 9.58. The third kappa shape index (κ3) is 8.91. The molecule has 0 unspecified atom stereocenters. The zero-order valence-electron chi connectivity index (χ0n) is 32.1. The molecule has 4 aromatic rings. The fourth-order valence-corrected chi connectivity index (χ4v) is 13.3. The summed E-state index contributed by atoms with van der Waals surface area (Å²) < 4.78 is 29.6. The van der Waals surface area contributed by atoms with Gasteiger partial charge in [-0.3, -0.25) is 4.90 Å². The molecular weight excluding hydrogens is 679 g/mol. The minimum Gasteiger partial charge on any atom is -0.598 e. The van der Waals surface area contributed by atoms with Gasteiger partial charge in [0, 0.05) is 34.7 Å². The van der Waals surface area contributed by atoms with Crippen LogP contribution < -0.4 is 10.4 Å². The Morgan fingerprint density at radius 3 is 2.27 bits per heavy atom. The number of hydrogen-bond donors (Lipinski definition) is 0. The number of unbranched alkanes of at least 4 members (excludes halogenated alkanes) is 1. The van der Waals surface area contributed by atoms with E-state index in [9.17, 15) is 4.55 Å². The maximum atomic E-state index is 14.2. The molecule has 0 N–H and O–H groups in total. The van der Waals surface area contributed by atoms with Crippen LogP contribution in [0.25, 0.3) is 17.0 Å². The molecule has 0 saturated carbocycles. The van der Waals surface area contributed by atoms with E-state index in [0.717, 1.165) is 40.8 Å². The highest BCUT2D eigenvalue weighted by molar-refractivity contribution is 7.89. The van der Waals surface area contributed by atoms with Crippen molar-refractivity contribution in [3.63, 3.8) is 0 Å². The predicted octanol–water partition coefficient (Wildman–Crippen LogP) is 7.96. The summed E-state index contributed by atoms with van der Waals surface area (Å²) in [5, 5.41) is 2.34. The largest absolute Gasteiger partial charge is 0.598 e. The molecule has 0 saturated heterocycles. The first-order valence-corrected chi connectivity index (χ1v) is 21.7. The average Bonchev–Trinajstić information content (AvgIpc) is 3.50. The second kappa shape index (κ2) is 17.9.